The number of piperazine rings is 1. The molecule has 0 unspecified atom stereocenters. The molecule has 1 aliphatic heterocycles. The smallest absolute Gasteiger partial charge is 0.191 e. The number of hydrogen-bond donors (Lipinski definition) is 1. The maximum absolute atomic E-state index is 13.7. The summed E-state index contributed by atoms with van der Waals surface area (Å²) < 4.78 is 13.7. The van der Waals surface area contributed by atoms with Crippen LogP contribution in [-0.2, 0) is 6.42 Å². The van der Waals surface area contributed by atoms with Crippen molar-refractivity contribution in [1.82, 2.24) is 9.88 Å². The van der Waals surface area contributed by atoms with E-state index in [2.05, 4.69) is 14.9 Å². The molecule has 0 spiro atoms. The third-order valence-corrected chi connectivity index (χ3v) is 5.18. The first-order valence-electron chi connectivity index (χ1n) is 7.77. The molecule has 24 heavy (non-hydrogen) atoms. The molecule has 0 radical (unpaired) electrons. The van der Waals surface area contributed by atoms with E-state index in [-0.39, 0.29) is 5.82 Å². The summed E-state index contributed by atoms with van der Waals surface area (Å²) in [5.41, 5.74) is 6.56. The van der Waals surface area contributed by atoms with Crippen LogP contribution >= 0.6 is 22.9 Å². The standard InChI is InChI=1S/C16H19ClFN5S/c17-13-2-1-3-14(18)12(13)4-5-20-15(19)22-7-9-23(10-8-22)16-21-6-11-24-16/h1-3,6,11H,4-5,7-10H2,(H2,19,20). The molecule has 5 nitrogen and oxygen atoms in total. The minimum atomic E-state index is -0.298. The summed E-state index contributed by atoms with van der Waals surface area (Å²) in [7, 11) is 0. The summed E-state index contributed by atoms with van der Waals surface area (Å²) in [6, 6.07) is 4.69. The van der Waals surface area contributed by atoms with Gasteiger partial charge in [0.05, 0.1) is 0 Å². The molecule has 2 N–H and O–H groups in total. The molecule has 0 aliphatic carbocycles. The van der Waals surface area contributed by atoms with Crippen molar-refractivity contribution < 1.29 is 4.39 Å². The highest BCUT2D eigenvalue weighted by Crippen LogP contribution is 2.20. The Morgan fingerprint density at radius 2 is 2.12 bits per heavy atom. The Labute approximate surface area is 149 Å². The SMILES string of the molecule is NC(=NCCc1c(F)cccc1Cl)N1CCN(c2nccs2)CC1. The van der Waals surface area contributed by atoms with Crippen LogP contribution in [0.25, 0.3) is 0 Å². The number of benzene rings is 1. The lowest BCUT2D eigenvalue weighted by atomic mass is 10.1. The van der Waals surface area contributed by atoms with Crippen molar-refractivity contribution in [2.45, 2.75) is 6.42 Å². The zero-order chi connectivity index (χ0) is 16.9. The second kappa shape index (κ2) is 7.81. The summed E-state index contributed by atoms with van der Waals surface area (Å²) in [4.78, 5) is 13.0. The number of hydrogen-bond acceptors (Lipinski definition) is 4. The van der Waals surface area contributed by atoms with E-state index in [1.165, 1.54) is 6.07 Å². The van der Waals surface area contributed by atoms with Gasteiger partial charge in [-0.05, 0) is 18.6 Å². The van der Waals surface area contributed by atoms with E-state index in [1.807, 2.05) is 16.5 Å². The van der Waals surface area contributed by atoms with Crippen molar-refractivity contribution in [3.63, 3.8) is 0 Å². The third-order valence-electron chi connectivity index (χ3n) is 3.99. The van der Waals surface area contributed by atoms with Crippen molar-refractivity contribution >= 4 is 34.0 Å². The van der Waals surface area contributed by atoms with Crippen LogP contribution < -0.4 is 10.6 Å². The normalized spacial score (nSPS) is 15.8. The zero-order valence-corrected chi connectivity index (χ0v) is 14.7. The molecule has 1 saturated heterocycles. The van der Waals surface area contributed by atoms with Gasteiger partial charge in [0.15, 0.2) is 11.1 Å². The van der Waals surface area contributed by atoms with E-state index in [0.29, 0.717) is 29.5 Å². The molecule has 1 fully saturated rings. The molecule has 8 heteroatoms. The van der Waals surface area contributed by atoms with Gasteiger partial charge in [-0.2, -0.15) is 0 Å². The Bertz CT molecular complexity index is 678. The Kier molecular flexibility index (Phi) is 5.52. The average Bonchev–Trinajstić information content (AvgIpc) is 3.12. The topological polar surface area (TPSA) is 57.8 Å². The Balaban J connectivity index is 1.52. The van der Waals surface area contributed by atoms with E-state index >= 15 is 0 Å². The first-order chi connectivity index (χ1) is 11.6. The maximum Gasteiger partial charge on any atom is 0.191 e. The van der Waals surface area contributed by atoms with Crippen LogP contribution in [0, 0.1) is 5.82 Å². The van der Waals surface area contributed by atoms with Crippen LogP contribution in [0.4, 0.5) is 9.52 Å². The van der Waals surface area contributed by atoms with Crippen molar-refractivity contribution in [1.29, 1.82) is 0 Å². The third kappa shape index (κ3) is 3.96. The minimum Gasteiger partial charge on any atom is -0.370 e. The lowest BCUT2D eigenvalue weighted by molar-refractivity contribution is 0.380. The van der Waals surface area contributed by atoms with E-state index in [4.69, 9.17) is 17.3 Å². The fourth-order valence-electron chi connectivity index (χ4n) is 2.65. The van der Waals surface area contributed by atoms with E-state index in [9.17, 15) is 4.39 Å². The molecule has 0 bridgehead atoms. The Hall–Kier alpha value is -1.86. The molecule has 1 aromatic heterocycles. The molecular formula is C16H19ClFN5S. The number of aromatic nitrogens is 1. The number of rotatable bonds is 4. The highest BCUT2D eigenvalue weighted by Gasteiger charge is 2.19. The Morgan fingerprint density at radius 1 is 1.33 bits per heavy atom. The fraction of sp³-hybridized carbons (Fsp3) is 0.375. The van der Waals surface area contributed by atoms with Crippen molar-refractivity contribution in [3.05, 3.63) is 46.2 Å². The second-order valence-electron chi connectivity index (χ2n) is 5.48. The number of nitrogens with two attached hydrogens (primary N) is 1. The minimum absolute atomic E-state index is 0.298. The van der Waals surface area contributed by atoms with Gasteiger partial charge in [-0.25, -0.2) is 9.37 Å². The van der Waals surface area contributed by atoms with E-state index in [1.54, 1.807) is 23.5 Å². The summed E-state index contributed by atoms with van der Waals surface area (Å²) in [5.74, 6) is 0.203. The number of guanidine groups is 1. The lowest BCUT2D eigenvalue weighted by Gasteiger charge is -2.35. The monoisotopic (exact) mass is 367 g/mol. The first-order valence-corrected chi connectivity index (χ1v) is 9.03. The molecule has 128 valence electrons. The zero-order valence-electron chi connectivity index (χ0n) is 13.2. The number of aliphatic imine (C=N–C) groups is 1. The molecule has 2 aromatic rings. The summed E-state index contributed by atoms with van der Waals surface area (Å²) in [5, 5.41) is 3.45. The molecule has 0 saturated carbocycles. The van der Waals surface area contributed by atoms with Crippen molar-refractivity contribution in [2.75, 3.05) is 37.6 Å². The fourth-order valence-corrected chi connectivity index (χ4v) is 3.61. The molecule has 3 rings (SSSR count). The lowest BCUT2D eigenvalue weighted by Crippen LogP contribution is -2.51. The van der Waals surface area contributed by atoms with Gasteiger partial charge in [-0.15, -0.1) is 11.3 Å². The highest BCUT2D eigenvalue weighted by atomic mass is 35.5. The van der Waals surface area contributed by atoms with Crippen LogP contribution in [0.2, 0.25) is 5.02 Å². The van der Waals surface area contributed by atoms with Crippen LogP contribution in [0.1, 0.15) is 5.56 Å². The molecule has 0 amide bonds. The quantitative estimate of drug-likeness (QED) is 0.666. The van der Waals surface area contributed by atoms with Crippen LogP contribution in [0.15, 0.2) is 34.8 Å². The number of thiazole rings is 1. The van der Waals surface area contributed by atoms with E-state index < -0.39 is 0 Å². The van der Waals surface area contributed by atoms with Crippen LogP contribution in [0.3, 0.4) is 0 Å². The molecular weight excluding hydrogens is 349 g/mol. The van der Waals surface area contributed by atoms with Crippen molar-refractivity contribution in [2.24, 2.45) is 10.7 Å². The summed E-state index contributed by atoms with van der Waals surface area (Å²) in [6.07, 6.45) is 2.25. The highest BCUT2D eigenvalue weighted by molar-refractivity contribution is 7.13. The van der Waals surface area contributed by atoms with Gasteiger partial charge in [0.25, 0.3) is 0 Å². The number of anilines is 1. The van der Waals surface area contributed by atoms with Gasteiger partial charge in [-0.3, -0.25) is 4.99 Å². The molecule has 2 heterocycles. The van der Waals surface area contributed by atoms with Gasteiger partial charge in [0.1, 0.15) is 5.82 Å². The van der Waals surface area contributed by atoms with Gasteiger partial charge in [0.2, 0.25) is 0 Å². The van der Waals surface area contributed by atoms with Gasteiger partial charge < -0.3 is 15.5 Å². The van der Waals surface area contributed by atoms with Gasteiger partial charge in [0, 0.05) is 54.9 Å². The molecule has 1 aromatic carbocycles. The Morgan fingerprint density at radius 3 is 2.79 bits per heavy atom. The van der Waals surface area contributed by atoms with Gasteiger partial charge in [-0.1, -0.05) is 17.7 Å². The predicted octanol–water partition coefficient (Wildman–Crippen LogP) is 2.62. The van der Waals surface area contributed by atoms with Crippen molar-refractivity contribution in [3.8, 4) is 0 Å². The largest absolute Gasteiger partial charge is 0.370 e. The molecule has 0 atom stereocenters. The summed E-state index contributed by atoms with van der Waals surface area (Å²) >= 11 is 7.66. The van der Waals surface area contributed by atoms with Gasteiger partial charge >= 0.3 is 0 Å². The predicted molar refractivity (Wildman–Crippen MR) is 97.5 cm³/mol. The van der Waals surface area contributed by atoms with E-state index in [0.717, 1.165) is 31.3 Å². The average molecular weight is 368 g/mol. The number of nitrogens with zero attached hydrogens (tertiary/aromatic N) is 4. The summed E-state index contributed by atoms with van der Waals surface area (Å²) in [6.45, 7) is 3.75. The second-order valence-corrected chi connectivity index (χ2v) is 6.76. The maximum atomic E-state index is 13.7. The number of halogens is 2. The molecule has 1 aliphatic rings. The van der Waals surface area contributed by atoms with Crippen LogP contribution in [0.5, 0.6) is 0 Å². The first kappa shape index (κ1) is 17.0. The van der Waals surface area contributed by atoms with Crippen LogP contribution in [-0.4, -0.2) is 48.6 Å².